The van der Waals surface area contributed by atoms with Gasteiger partial charge in [-0.3, -0.25) is 4.79 Å². The van der Waals surface area contributed by atoms with Crippen molar-refractivity contribution in [3.8, 4) is 0 Å². The van der Waals surface area contributed by atoms with E-state index in [-0.39, 0.29) is 16.8 Å². The van der Waals surface area contributed by atoms with E-state index >= 15 is 0 Å². The van der Waals surface area contributed by atoms with E-state index in [2.05, 4.69) is 5.32 Å². The molecule has 1 aliphatic heterocycles. The minimum atomic E-state index is -3.54. The molecule has 144 valence electrons. The first-order chi connectivity index (χ1) is 12.8. The fourth-order valence-corrected chi connectivity index (χ4v) is 5.01. The zero-order valence-corrected chi connectivity index (χ0v) is 16.4. The summed E-state index contributed by atoms with van der Waals surface area (Å²) in [6.07, 6.45) is 2.80. The molecule has 3 N–H and O–H groups in total. The quantitative estimate of drug-likeness (QED) is 0.787. The van der Waals surface area contributed by atoms with Gasteiger partial charge in [0.05, 0.1) is 4.90 Å². The molecule has 7 heteroatoms. The number of nitrogen functional groups attached to an aromatic ring is 1. The summed E-state index contributed by atoms with van der Waals surface area (Å²) in [4.78, 5) is 12.7. The van der Waals surface area contributed by atoms with Gasteiger partial charge in [0, 0.05) is 29.5 Å². The Kier molecular flexibility index (Phi) is 5.53. The van der Waals surface area contributed by atoms with Crippen LogP contribution in [0.1, 0.15) is 42.1 Å². The van der Waals surface area contributed by atoms with E-state index in [4.69, 9.17) is 5.73 Å². The summed E-state index contributed by atoms with van der Waals surface area (Å²) in [5.74, 6) is -0.306. The first-order valence-electron chi connectivity index (χ1n) is 9.08. The van der Waals surface area contributed by atoms with Crippen molar-refractivity contribution in [1.82, 2.24) is 4.31 Å². The van der Waals surface area contributed by atoms with Gasteiger partial charge in [-0.05, 0) is 68.7 Å². The third-order valence-electron chi connectivity index (χ3n) is 4.97. The Bertz CT molecular complexity index is 939. The predicted octanol–water partition coefficient (Wildman–Crippen LogP) is 3.39. The number of hydrogen-bond acceptors (Lipinski definition) is 4. The Morgan fingerprint density at radius 3 is 2.52 bits per heavy atom. The lowest BCUT2D eigenvalue weighted by molar-refractivity contribution is 0.102. The highest BCUT2D eigenvalue weighted by Gasteiger charge is 2.30. The molecule has 6 nitrogen and oxygen atoms in total. The lowest BCUT2D eigenvalue weighted by atomic mass is 10.1. The van der Waals surface area contributed by atoms with Crippen LogP contribution in [-0.2, 0) is 10.0 Å². The zero-order chi connectivity index (χ0) is 19.6. The summed E-state index contributed by atoms with van der Waals surface area (Å²) in [5.41, 5.74) is 8.26. The maximum absolute atomic E-state index is 12.9. The molecular weight excluding hydrogens is 362 g/mol. The maximum Gasteiger partial charge on any atom is 0.255 e. The van der Waals surface area contributed by atoms with Gasteiger partial charge in [-0.25, -0.2) is 8.42 Å². The van der Waals surface area contributed by atoms with Crippen molar-refractivity contribution in [1.29, 1.82) is 0 Å². The topological polar surface area (TPSA) is 92.5 Å². The van der Waals surface area contributed by atoms with Gasteiger partial charge in [-0.15, -0.1) is 0 Å². The van der Waals surface area contributed by atoms with Crippen molar-refractivity contribution in [2.45, 2.75) is 44.0 Å². The standard InChI is InChI=1S/C20H25N3O3S/c1-14-6-9-17(21)13-19(14)22-20(24)16-7-10-18(11-8-16)27(25,26)23-12-4-3-5-15(23)2/h6-11,13,15H,3-5,12,21H2,1-2H3,(H,22,24). The summed E-state index contributed by atoms with van der Waals surface area (Å²) in [6.45, 7) is 4.36. The highest BCUT2D eigenvalue weighted by Crippen LogP contribution is 2.25. The van der Waals surface area contributed by atoms with E-state index in [1.807, 2.05) is 19.9 Å². The van der Waals surface area contributed by atoms with Crippen molar-refractivity contribution in [2.75, 3.05) is 17.6 Å². The van der Waals surface area contributed by atoms with Crippen LogP contribution in [0, 0.1) is 6.92 Å². The fraction of sp³-hybridized carbons (Fsp3) is 0.350. The Balaban J connectivity index is 1.78. The number of rotatable bonds is 4. The Morgan fingerprint density at radius 1 is 1.15 bits per heavy atom. The summed E-state index contributed by atoms with van der Waals surface area (Å²) >= 11 is 0. The van der Waals surface area contributed by atoms with Gasteiger partial charge in [0.25, 0.3) is 5.91 Å². The van der Waals surface area contributed by atoms with Crippen molar-refractivity contribution in [2.24, 2.45) is 0 Å². The molecule has 3 rings (SSSR count). The molecule has 0 radical (unpaired) electrons. The number of anilines is 2. The van der Waals surface area contributed by atoms with Crippen LogP contribution in [-0.4, -0.2) is 31.2 Å². The molecule has 2 aromatic rings. The highest BCUT2D eigenvalue weighted by molar-refractivity contribution is 7.89. The molecule has 1 saturated heterocycles. The monoisotopic (exact) mass is 387 g/mol. The number of carbonyl (C=O) groups excluding carboxylic acids is 1. The van der Waals surface area contributed by atoms with Gasteiger partial charge < -0.3 is 11.1 Å². The number of nitrogens with zero attached hydrogens (tertiary/aromatic N) is 1. The molecule has 1 heterocycles. The van der Waals surface area contributed by atoms with Gasteiger partial charge in [-0.2, -0.15) is 4.31 Å². The SMILES string of the molecule is Cc1ccc(N)cc1NC(=O)c1ccc(S(=O)(=O)N2CCCCC2C)cc1. The molecule has 1 fully saturated rings. The molecule has 27 heavy (non-hydrogen) atoms. The van der Waals surface area contributed by atoms with Crippen molar-refractivity contribution in [3.63, 3.8) is 0 Å². The number of nitrogens with two attached hydrogens (primary N) is 1. The number of piperidine rings is 1. The third kappa shape index (κ3) is 4.14. The molecule has 0 spiro atoms. The minimum absolute atomic E-state index is 0.00163. The van der Waals surface area contributed by atoms with Crippen LogP contribution < -0.4 is 11.1 Å². The molecule has 0 aliphatic carbocycles. The third-order valence-corrected chi connectivity index (χ3v) is 7.00. The molecule has 1 amide bonds. The number of carbonyl (C=O) groups is 1. The number of nitrogens with one attached hydrogen (secondary N) is 1. The minimum Gasteiger partial charge on any atom is -0.399 e. The van der Waals surface area contributed by atoms with Crippen molar-refractivity contribution in [3.05, 3.63) is 53.6 Å². The second-order valence-electron chi connectivity index (χ2n) is 7.01. The Morgan fingerprint density at radius 2 is 1.85 bits per heavy atom. The lowest BCUT2D eigenvalue weighted by Crippen LogP contribution is -2.41. The van der Waals surface area contributed by atoms with Crippen LogP contribution in [0.5, 0.6) is 0 Å². The number of hydrogen-bond donors (Lipinski definition) is 2. The van der Waals surface area contributed by atoms with Crippen molar-refractivity contribution < 1.29 is 13.2 Å². The van der Waals surface area contributed by atoms with Gasteiger partial charge in [0.15, 0.2) is 0 Å². The van der Waals surface area contributed by atoms with E-state index in [1.54, 1.807) is 28.6 Å². The molecular formula is C20H25N3O3S. The van der Waals surface area contributed by atoms with Gasteiger partial charge in [0.2, 0.25) is 10.0 Å². The number of sulfonamides is 1. The van der Waals surface area contributed by atoms with Crippen LogP contribution in [0.25, 0.3) is 0 Å². The molecule has 0 saturated carbocycles. The smallest absolute Gasteiger partial charge is 0.255 e. The van der Waals surface area contributed by atoms with Crippen LogP contribution in [0.3, 0.4) is 0 Å². The fourth-order valence-electron chi connectivity index (χ4n) is 3.31. The summed E-state index contributed by atoms with van der Waals surface area (Å²) in [5, 5.41) is 2.82. The van der Waals surface area contributed by atoms with Gasteiger partial charge in [-0.1, -0.05) is 12.5 Å². The molecule has 0 aromatic heterocycles. The van der Waals surface area contributed by atoms with E-state index in [0.717, 1.165) is 24.8 Å². The van der Waals surface area contributed by atoms with Gasteiger partial charge >= 0.3 is 0 Å². The maximum atomic E-state index is 12.9. The second-order valence-corrected chi connectivity index (χ2v) is 8.90. The highest BCUT2D eigenvalue weighted by atomic mass is 32.2. The van der Waals surface area contributed by atoms with Crippen molar-refractivity contribution >= 4 is 27.3 Å². The van der Waals surface area contributed by atoms with Crippen LogP contribution in [0.15, 0.2) is 47.4 Å². The van der Waals surface area contributed by atoms with Crippen LogP contribution in [0.4, 0.5) is 11.4 Å². The van der Waals surface area contributed by atoms with E-state index in [1.165, 1.54) is 12.1 Å². The van der Waals surface area contributed by atoms with E-state index in [9.17, 15) is 13.2 Å². The number of amides is 1. The van der Waals surface area contributed by atoms with E-state index < -0.39 is 10.0 Å². The average molecular weight is 388 g/mol. The predicted molar refractivity (Wildman–Crippen MR) is 107 cm³/mol. The first-order valence-corrected chi connectivity index (χ1v) is 10.5. The summed E-state index contributed by atoms with van der Waals surface area (Å²) in [7, 11) is -3.54. The zero-order valence-electron chi connectivity index (χ0n) is 15.6. The van der Waals surface area contributed by atoms with E-state index in [0.29, 0.717) is 23.5 Å². The Labute approximate surface area is 160 Å². The van der Waals surface area contributed by atoms with Gasteiger partial charge in [0.1, 0.15) is 0 Å². The molecule has 1 unspecified atom stereocenters. The van der Waals surface area contributed by atoms with Crippen LogP contribution >= 0.6 is 0 Å². The second kappa shape index (κ2) is 7.70. The molecule has 0 bridgehead atoms. The molecule has 1 atom stereocenters. The van der Waals surface area contributed by atoms with Crippen LogP contribution in [0.2, 0.25) is 0 Å². The molecule has 1 aliphatic rings. The summed E-state index contributed by atoms with van der Waals surface area (Å²) < 4.78 is 27.3. The lowest BCUT2D eigenvalue weighted by Gasteiger charge is -2.32. The Hall–Kier alpha value is -2.38. The largest absolute Gasteiger partial charge is 0.399 e. The normalized spacial score (nSPS) is 18.2. The molecule has 2 aromatic carbocycles. The number of benzene rings is 2. The summed E-state index contributed by atoms with van der Waals surface area (Å²) in [6, 6.07) is 11.4. The number of aryl methyl sites for hydroxylation is 1. The average Bonchev–Trinajstić information content (AvgIpc) is 2.65. The first kappa shape index (κ1) is 19.4.